The van der Waals surface area contributed by atoms with Gasteiger partial charge in [-0.05, 0) is 19.1 Å². The van der Waals surface area contributed by atoms with Crippen LogP contribution < -0.4 is 5.32 Å². The highest BCUT2D eigenvalue weighted by molar-refractivity contribution is 8.00. The monoisotopic (exact) mass is 254 g/mol. The Kier molecular flexibility index (Phi) is 4.45. The first-order valence-electron chi connectivity index (χ1n) is 6.34. The Morgan fingerprint density at radius 3 is 2.76 bits per heavy atom. The van der Waals surface area contributed by atoms with Crippen LogP contribution >= 0.6 is 11.8 Å². The maximum Gasteiger partial charge on any atom is 0.140 e. The summed E-state index contributed by atoms with van der Waals surface area (Å²) in [6, 6.07) is 0. The highest BCUT2D eigenvalue weighted by Crippen LogP contribution is 2.37. The largest absolute Gasteiger partial charge is 0.308 e. The van der Waals surface area contributed by atoms with Crippen LogP contribution in [0.15, 0.2) is 6.33 Å². The second kappa shape index (κ2) is 5.87. The molecule has 0 atom stereocenters. The number of thioether (sulfide) groups is 1. The standard InChI is InChI=1S/C12H22N4S/c1-16-11(14-10-15-16)8-13-9-12(17-2)6-4-3-5-7-12/h10,13H,3-9H2,1-2H3. The van der Waals surface area contributed by atoms with Gasteiger partial charge in [-0.25, -0.2) is 4.98 Å². The van der Waals surface area contributed by atoms with Crippen molar-refractivity contribution in [3.05, 3.63) is 12.2 Å². The Labute approximate surface area is 108 Å². The molecule has 1 aliphatic carbocycles. The minimum Gasteiger partial charge on any atom is -0.308 e. The van der Waals surface area contributed by atoms with E-state index >= 15 is 0 Å². The molecule has 1 aromatic heterocycles. The minimum absolute atomic E-state index is 0.455. The average molecular weight is 254 g/mol. The lowest BCUT2D eigenvalue weighted by Crippen LogP contribution is -2.39. The molecule has 4 nitrogen and oxygen atoms in total. The molecule has 2 rings (SSSR count). The summed E-state index contributed by atoms with van der Waals surface area (Å²) in [5.41, 5.74) is 0. The fraction of sp³-hybridized carbons (Fsp3) is 0.833. The summed E-state index contributed by atoms with van der Waals surface area (Å²) in [5, 5.41) is 7.63. The molecule has 1 heterocycles. The van der Waals surface area contributed by atoms with E-state index in [-0.39, 0.29) is 0 Å². The number of aryl methyl sites for hydroxylation is 1. The quantitative estimate of drug-likeness (QED) is 0.872. The summed E-state index contributed by atoms with van der Waals surface area (Å²) in [7, 11) is 1.94. The molecule has 5 heteroatoms. The summed E-state index contributed by atoms with van der Waals surface area (Å²) in [5.74, 6) is 1.01. The van der Waals surface area contributed by atoms with E-state index in [0.29, 0.717) is 4.75 Å². The Hall–Kier alpha value is -0.550. The van der Waals surface area contributed by atoms with Gasteiger partial charge < -0.3 is 5.32 Å². The van der Waals surface area contributed by atoms with Gasteiger partial charge in [0.2, 0.25) is 0 Å². The highest BCUT2D eigenvalue weighted by Gasteiger charge is 2.30. The maximum atomic E-state index is 4.23. The average Bonchev–Trinajstić information content (AvgIpc) is 2.76. The van der Waals surface area contributed by atoms with Crippen molar-refractivity contribution in [2.24, 2.45) is 7.05 Å². The van der Waals surface area contributed by atoms with Crippen molar-refractivity contribution in [1.29, 1.82) is 0 Å². The van der Waals surface area contributed by atoms with Gasteiger partial charge in [0.15, 0.2) is 0 Å². The predicted molar refractivity (Wildman–Crippen MR) is 72.0 cm³/mol. The molecule has 96 valence electrons. The van der Waals surface area contributed by atoms with Crippen LogP contribution in [-0.4, -0.2) is 32.3 Å². The van der Waals surface area contributed by atoms with Crippen molar-refractivity contribution in [3.63, 3.8) is 0 Å². The van der Waals surface area contributed by atoms with Gasteiger partial charge in [-0.15, -0.1) is 0 Å². The summed E-state index contributed by atoms with van der Waals surface area (Å²) in [6.07, 6.45) is 10.7. The molecule has 1 aromatic rings. The lowest BCUT2D eigenvalue weighted by Gasteiger charge is -2.36. The zero-order chi connectivity index (χ0) is 12.1. The maximum absolute atomic E-state index is 4.23. The van der Waals surface area contributed by atoms with Crippen molar-refractivity contribution in [3.8, 4) is 0 Å². The molecular weight excluding hydrogens is 232 g/mol. The number of hydrogen-bond donors (Lipinski definition) is 1. The van der Waals surface area contributed by atoms with Crippen LogP contribution in [-0.2, 0) is 13.6 Å². The Balaban J connectivity index is 1.82. The number of nitrogens with one attached hydrogen (secondary N) is 1. The van der Waals surface area contributed by atoms with Crippen LogP contribution in [0, 0.1) is 0 Å². The van der Waals surface area contributed by atoms with E-state index < -0.39 is 0 Å². The van der Waals surface area contributed by atoms with E-state index in [1.54, 1.807) is 6.33 Å². The third-order valence-electron chi connectivity index (χ3n) is 3.73. The molecule has 0 bridgehead atoms. The molecular formula is C12H22N4S. The van der Waals surface area contributed by atoms with E-state index in [1.165, 1.54) is 32.1 Å². The highest BCUT2D eigenvalue weighted by atomic mass is 32.2. The van der Waals surface area contributed by atoms with Crippen LogP contribution in [0.5, 0.6) is 0 Å². The van der Waals surface area contributed by atoms with Gasteiger partial charge >= 0.3 is 0 Å². The lowest BCUT2D eigenvalue weighted by molar-refractivity contribution is 0.377. The van der Waals surface area contributed by atoms with E-state index in [4.69, 9.17) is 0 Å². The SMILES string of the molecule is CSC1(CNCc2ncnn2C)CCCCC1. The molecule has 0 unspecified atom stereocenters. The lowest BCUT2D eigenvalue weighted by atomic mass is 9.88. The topological polar surface area (TPSA) is 42.7 Å². The third kappa shape index (κ3) is 3.22. The van der Waals surface area contributed by atoms with Crippen LogP contribution in [0.25, 0.3) is 0 Å². The second-order valence-corrected chi connectivity index (χ2v) is 6.13. The zero-order valence-corrected chi connectivity index (χ0v) is 11.6. The van der Waals surface area contributed by atoms with Gasteiger partial charge in [-0.1, -0.05) is 19.3 Å². The van der Waals surface area contributed by atoms with Gasteiger partial charge in [0.25, 0.3) is 0 Å². The van der Waals surface area contributed by atoms with Crippen LogP contribution in [0.1, 0.15) is 37.9 Å². The van der Waals surface area contributed by atoms with Crippen molar-refractivity contribution in [1.82, 2.24) is 20.1 Å². The molecule has 0 saturated heterocycles. The molecule has 1 aliphatic rings. The zero-order valence-electron chi connectivity index (χ0n) is 10.8. The normalized spacial score (nSPS) is 19.4. The van der Waals surface area contributed by atoms with Crippen molar-refractivity contribution in [2.75, 3.05) is 12.8 Å². The van der Waals surface area contributed by atoms with E-state index in [9.17, 15) is 0 Å². The van der Waals surface area contributed by atoms with Crippen molar-refractivity contribution in [2.45, 2.75) is 43.4 Å². The molecule has 0 spiro atoms. The van der Waals surface area contributed by atoms with Crippen LogP contribution in [0.4, 0.5) is 0 Å². The van der Waals surface area contributed by atoms with Gasteiger partial charge in [-0.3, -0.25) is 4.68 Å². The minimum atomic E-state index is 0.455. The summed E-state index contributed by atoms with van der Waals surface area (Å²) < 4.78 is 2.29. The fourth-order valence-corrected chi connectivity index (χ4v) is 3.47. The first kappa shape index (κ1) is 12.9. The van der Waals surface area contributed by atoms with E-state index in [1.807, 2.05) is 23.5 Å². The van der Waals surface area contributed by atoms with E-state index in [2.05, 4.69) is 21.7 Å². The summed E-state index contributed by atoms with van der Waals surface area (Å²) >= 11 is 2.03. The third-order valence-corrected chi connectivity index (χ3v) is 5.15. The van der Waals surface area contributed by atoms with Gasteiger partial charge in [0, 0.05) is 18.3 Å². The van der Waals surface area contributed by atoms with E-state index in [0.717, 1.165) is 18.9 Å². The predicted octanol–water partition coefficient (Wildman–Crippen LogP) is 1.97. The van der Waals surface area contributed by atoms with Gasteiger partial charge in [-0.2, -0.15) is 16.9 Å². The molecule has 0 amide bonds. The van der Waals surface area contributed by atoms with Gasteiger partial charge in [0.05, 0.1) is 6.54 Å². The fourth-order valence-electron chi connectivity index (χ4n) is 2.53. The molecule has 0 radical (unpaired) electrons. The summed E-state index contributed by atoms with van der Waals surface area (Å²) in [6.45, 7) is 1.90. The first-order valence-corrected chi connectivity index (χ1v) is 7.57. The number of hydrogen-bond acceptors (Lipinski definition) is 4. The number of nitrogens with zero attached hydrogens (tertiary/aromatic N) is 3. The Bertz CT molecular complexity index is 344. The summed E-state index contributed by atoms with van der Waals surface area (Å²) in [4.78, 5) is 4.23. The van der Waals surface area contributed by atoms with Crippen LogP contribution in [0.2, 0.25) is 0 Å². The Morgan fingerprint density at radius 2 is 2.18 bits per heavy atom. The first-order chi connectivity index (χ1) is 8.26. The second-order valence-electron chi connectivity index (χ2n) is 4.85. The van der Waals surface area contributed by atoms with Crippen LogP contribution in [0.3, 0.4) is 0 Å². The smallest absolute Gasteiger partial charge is 0.140 e. The van der Waals surface area contributed by atoms with Gasteiger partial charge in [0.1, 0.15) is 12.2 Å². The number of aromatic nitrogens is 3. The number of rotatable bonds is 5. The molecule has 17 heavy (non-hydrogen) atoms. The van der Waals surface area contributed by atoms with Crippen molar-refractivity contribution >= 4 is 11.8 Å². The van der Waals surface area contributed by atoms with Crippen molar-refractivity contribution < 1.29 is 0 Å². The molecule has 1 fully saturated rings. The molecule has 0 aliphatic heterocycles. The Morgan fingerprint density at radius 1 is 1.41 bits per heavy atom. The molecule has 1 N–H and O–H groups in total. The molecule has 0 aromatic carbocycles. The molecule has 1 saturated carbocycles.